The molecule has 0 radical (unpaired) electrons. The van der Waals surface area contributed by atoms with E-state index in [2.05, 4.69) is 25.8 Å². The number of rotatable bonds is 6. The fourth-order valence-corrected chi connectivity index (χ4v) is 3.81. The number of nitrogens with one attached hydrogen (secondary N) is 3. The molecule has 2 aliphatic rings. The number of pyridine rings is 1. The number of carbonyl (C=O) groups is 2. The maximum absolute atomic E-state index is 12.8. The van der Waals surface area contributed by atoms with Crippen LogP contribution in [0, 0.1) is 0 Å². The Hall–Kier alpha value is -3.11. The van der Waals surface area contributed by atoms with Crippen molar-refractivity contribution in [2.75, 3.05) is 5.32 Å². The largest absolute Gasteiger partial charge is 0.443 e. The first kappa shape index (κ1) is 22.1. The molecule has 8 nitrogen and oxygen atoms in total. The Morgan fingerprint density at radius 2 is 2.06 bits per heavy atom. The van der Waals surface area contributed by atoms with Crippen molar-refractivity contribution in [1.29, 1.82) is 0 Å². The molecule has 2 amide bonds. The summed E-state index contributed by atoms with van der Waals surface area (Å²) < 4.78 is 43.8. The van der Waals surface area contributed by atoms with Gasteiger partial charge in [0.05, 0.1) is 17.7 Å². The van der Waals surface area contributed by atoms with Gasteiger partial charge in [0.1, 0.15) is 5.60 Å². The number of nitrogens with zero attached hydrogens (tertiary/aromatic N) is 2. The molecular weight excluding hydrogens is 427 g/mol. The van der Waals surface area contributed by atoms with E-state index < -0.39 is 23.7 Å². The van der Waals surface area contributed by atoms with Crippen molar-refractivity contribution in [3.8, 4) is 0 Å². The van der Waals surface area contributed by atoms with Crippen molar-refractivity contribution in [2.45, 2.75) is 69.2 Å². The summed E-state index contributed by atoms with van der Waals surface area (Å²) in [6.45, 7) is 1.91. The van der Waals surface area contributed by atoms with E-state index in [0.29, 0.717) is 0 Å². The van der Waals surface area contributed by atoms with Gasteiger partial charge in [-0.15, -0.1) is 0 Å². The van der Waals surface area contributed by atoms with Gasteiger partial charge in [0.15, 0.2) is 5.82 Å². The van der Waals surface area contributed by atoms with Crippen LogP contribution in [0.3, 0.4) is 0 Å². The highest BCUT2D eigenvalue weighted by Gasteiger charge is 2.42. The van der Waals surface area contributed by atoms with E-state index in [1.165, 1.54) is 0 Å². The number of ether oxygens (including phenoxy) is 1. The third-order valence-electron chi connectivity index (χ3n) is 5.84. The normalized spacial score (nSPS) is 21.8. The molecule has 0 unspecified atom stereocenters. The van der Waals surface area contributed by atoms with Gasteiger partial charge < -0.3 is 15.4 Å². The molecule has 2 aromatic heterocycles. The second-order valence-corrected chi connectivity index (χ2v) is 8.66. The zero-order valence-corrected chi connectivity index (χ0v) is 17.5. The number of aromatic nitrogens is 3. The van der Waals surface area contributed by atoms with E-state index in [9.17, 15) is 22.8 Å². The van der Waals surface area contributed by atoms with E-state index in [1.54, 1.807) is 6.07 Å². The zero-order chi connectivity index (χ0) is 22.9. The van der Waals surface area contributed by atoms with Crippen LogP contribution in [0.1, 0.15) is 61.9 Å². The summed E-state index contributed by atoms with van der Waals surface area (Å²) in [6, 6.07) is 3.42. The average molecular weight is 451 g/mol. The first-order valence-electron chi connectivity index (χ1n) is 10.5. The zero-order valence-electron chi connectivity index (χ0n) is 17.5. The van der Waals surface area contributed by atoms with Crippen LogP contribution in [-0.4, -0.2) is 38.8 Å². The number of halogens is 3. The second-order valence-electron chi connectivity index (χ2n) is 8.66. The molecule has 32 heavy (non-hydrogen) atoms. The van der Waals surface area contributed by atoms with Gasteiger partial charge in [0, 0.05) is 29.9 Å². The van der Waals surface area contributed by atoms with Gasteiger partial charge in [-0.05, 0) is 51.2 Å². The van der Waals surface area contributed by atoms with Crippen LogP contribution in [0.4, 0.5) is 23.8 Å². The SMILES string of the molecule is CC1(OC(=O)N[C@@H]2CC[C@H](c3cc(NC(=O)Cc4cc(C(F)(F)F)ccn4)n[nH]3)C2)CC1. The highest BCUT2D eigenvalue weighted by Crippen LogP contribution is 2.39. The fourth-order valence-electron chi connectivity index (χ4n) is 3.81. The molecule has 2 fully saturated rings. The number of amides is 2. The summed E-state index contributed by atoms with van der Waals surface area (Å²) in [4.78, 5) is 28.0. The van der Waals surface area contributed by atoms with Gasteiger partial charge in [-0.25, -0.2) is 4.79 Å². The van der Waals surface area contributed by atoms with Crippen molar-refractivity contribution in [2.24, 2.45) is 0 Å². The molecule has 2 heterocycles. The van der Waals surface area contributed by atoms with Gasteiger partial charge in [-0.2, -0.15) is 18.3 Å². The first-order valence-corrected chi connectivity index (χ1v) is 10.5. The monoisotopic (exact) mass is 451 g/mol. The Morgan fingerprint density at radius 3 is 2.78 bits per heavy atom. The Kier molecular flexibility index (Phi) is 5.83. The minimum Gasteiger partial charge on any atom is -0.443 e. The van der Waals surface area contributed by atoms with E-state index >= 15 is 0 Å². The Bertz CT molecular complexity index is 1000. The lowest BCUT2D eigenvalue weighted by molar-refractivity contribution is -0.137. The Balaban J connectivity index is 1.27. The quantitative estimate of drug-likeness (QED) is 0.617. The predicted molar refractivity (Wildman–Crippen MR) is 108 cm³/mol. The van der Waals surface area contributed by atoms with Crippen LogP contribution in [0.2, 0.25) is 0 Å². The molecule has 3 N–H and O–H groups in total. The summed E-state index contributed by atoms with van der Waals surface area (Å²) >= 11 is 0. The number of hydrogen-bond donors (Lipinski definition) is 3. The van der Waals surface area contributed by atoms with Crippen molar-refractivity contribution in [3.63, 3.8) is 0 Å². The maximum atomic E-state index is 12.8. The van der Waals surface area contributed by atoms with E-state index in [4.69, 9.17) is 4.74 Å². The van der Waals surface area contributed by atoms with Gasteiger partial charge in [0.25, 0.3) is 0 Å². The van der Waals surface area contributed by atoms with Crippen LogP contribution in [0.25, 0.3) is 0 Å². The molecule has 11 heteroatoms. The third kappa shape index (κ3) is 5.57. The fraction of sp³-hybridized carbons (Fsp3) is 0.524. The van der Waals surface area contributed by atoms with Crippen molar-refractivity contribution >= 4 is 17.8 Å². The van der Waals surface area contributed by atoms with E-state index in [0.717, 1.165) is 56.1 Å². The standard InChI is InChI=1S/C21H24F3N5O3/c1-20(5-6-20)32-19(31)26-14-3-2-12(8-14)16-11-17(29-28-16)27-18(30)10-15-9-13(4-7-25-15)21(22,23)24/h4,7,9,11-12,14H,2-3,5-6,8,10H2,1H3,(H,26,31)(H2,27,28,29,30)/t12-,14+/m0/s1. The Morgan fingerprint density at radius 1 is 1.28 bits per heavy atom. The number of H-pyrrole nitrogens is 1. The average Bonchev–Trinajstić information content (AvgIpc) is 3.07. The van der Waals surface area contributed by atoms with Gasteiger partial charge >= 0.3 is 12.3 Å². The number of alkyl halides is 3. The molecule has 0 saturated heterocycles. The number of aromatic amines is 1. The summed E-state index contributed by atoms with van der Waals surface area (Å²) in [5, 5.41) is 12.4. The molecular formula is C21H24F3N5O3. The lowest BCUT2D eigenvalue weighted by Crippen LogP contribution is -2.35. The highest BCUT2D eigenvalue weighted by molar-refractivity contribution is 5.91. The van der Waals surface area contributed by atoms with Crippen LogP contribution in [-0.2, 0) is 22.1 Å². The highest BCUT2D eigenvalue weighted by atomic mass is 19.4. The number of anilines is 1. The molecule has 2 saturated carbocycles. The number of alkyl carbamates (subject to hydrolysis) is 1. The Labute approximate surface area is 182 Å². The first-order chi connectivity index (χ1) is 15.1. The van der Waals surface area contributed by atoms with Gasteiger partial charge in [-0.1, -0.05) is 0 Å². The molecule has 4 rings (SSSR count). The summed E-state index contributed by atoms with van der Waals surface area (Å²) in [7, 11) is 0. The molecule has 0 spiro atoms. The molecule has 2 aliphatic carbocycles. The molecule has 172 valence electrons. The summed E-state index contributed by atoms with van der Waals surface area (Å²) in [5.41, 5.74) is -0.326. The summed E-state index contributed by atoms with van der Waals surface area (Å²) in [6.07, 6.45) is -0.0191. The topological polar surface area (TPSA) is 109 Å². The van der Waals surface area contributed by atoms with Gasteiger partial charge in [0.2, 0.25) is 5.91 Å². The van der Waals surface area contributed by atoms with Crippen molar-refractivity contribution in [1.82, 2.24) is 20.5 Å². The van der Waals surface area contributed by atoms with Gasteiger partial charge in [-0.3, -0.25) is 14.9 Å². The third-order valence-corrected chi connectivity index (χ3v) is 5.84. The van der Waals surface area contributed by atoms with Crippen LogP contribution in [0.15, 0.2) is 24.4 Å². The van der Waals surface area contributed by atoms with Crippen LogP contribution < -0.4 is 10.6 Å². The number of hydrogen-bond acceptors (Lipinski definition) is 5. The lowest BCUT2D eigenvalue weighted by Gasteiger charge is -2.16. The lowest BCUT2D eigenvalue weighted by atomic mass is 10.0. The predicted octanol–water partition coefficient (Wildman–Crippen LogP) is 3.92. The minimum absolute atomic E-state index is 0.00294. The molecule has 2 aromatic rings. The maximum Gasteiger partial charge on any atom is 0.416 e. The summed E-state index contributed by atoms with van der Waals surface area (Å²) in [5.74, 6) is -0.0910. The van der Waals surface area contributed by atoms with E-state index in [1.807, 2.05) is 6.92 Å². The molecule has 0 aliphatic heterocycles. The smallest absolute Gasteiger partial charge is 0.416 e. The second kappa shape index (κ2) is 8.44. The van der Waals surface area contributed by atoms with Crippen molar-refractivity contribution < 1.29 is 27.5 Å². The molecule has 2 atom stereocenters. The minimum atomic E-state index is -4.49. The van der Waals surface area contributed by atoms with Crippen molar-refractivity contribution in [3.05, 3.63) is 41.3 Å². The van der Waals surface area contributed by atoms with E-state index in [-0.39, 0.29) is 35.5 Å². The molecule has 0 bridgehead atoms. The van der Waals surface area contributed by atoms with Crippen LogP contribution >= 0.6 is 0 Å². The molecule has 0 aromatic carbocycles. The van der Waals surface area contributed by atoms with Crippen LogP contribution in [0.5, 0.6) is 0 Å². The number of carbonyl (C=O) groups excluding carboxylic acids is 2.